The third kappa shape index (κ3) is 5.67. The molecule has 21 heavy (non-hydrogen) atoms. The van der Waals surface area contributed by atoms with Gasteiger partial charge in [0.2, 0.25) is 5.91 Å². The average Bonchev–Trinajstić information content (AvgIpc) is 2.84. The molecule has 1 aromatic heterocycles. The maximum Gasteiger partial charge on any atom is 0.237 e. The summed E-state index contributed by atoms with van der Waals surface area (Å²) in [5.41, 5.74) is 6.60. The summed E-state index contributed by atoms with van der Waals surface area (Å²) in [6.07, 6.45) is 2.06. The number of carbonyl (C=O) groups excluding carboxylic acids is 1. The van der Waals surface area contributed by atoms with E-state index in [1.807, 2.05) is 26.8 Å². The summed E-state index contributed by atoms with van der Waals surface area (Å²) in [6.45, 7) is 10.4. The van der Waals surface area contributed by atoms with Crippen LogP contribution < -0.4 is 11.1 Å². The smallest absolute Gasteiger partial charge is 0.237 e. The van der Waals surface area contributed by atoms with Gasteiger partial charge in [-0.1, -0.05) is 39.8 Å². The molecule has 122 valence electrons. The molecule has 0 spiro atoms. The number of rotatable bonds is 6. The summed E-state index contributed by atoms with van der Waals surface area (Å²) in [7, 11) is 0. The van der Waals surface area contributed by atoms with Gasteiger partial charge in [-0.15, -0.1) is 12.4 Å². The van der Waals surface area contributed by atoms with Crippen LogP contribution in [0.3, 0.4) is 0 Å². The van der Waals surface area contributed by atoms with E-state index in [0.717, 1.165) is 18.5 Å². The third-order valence-corrected chi connectivity index (χ3v) is 3.63. The summed E-state index contributed by atoms with van der Waals surface area (Å²) in [5, 5.41) is 6.87. The normalized spacial score (nSPS) is 12.9. The molecule has 1 amide bonds. The highest BCUT2D eigenvalue weighted by Gasteiger charge is 2.27. The number of hydrogen-bond acceptors (Lipinski definition) is 4. The molecule has 0 aliphatic heterocycles. The molecule has 1 heterocycles. The first-order valence-corrected chi connectivity index (χ1v) is 7.28. The van der Waals surface area contributed by atoms with E-state index in [2.05, 4.69) is 24.3 Å². The van der Waals surface area contributed by atoms with Gasteiger partial charge in [-0.05, 0) is 18.3 Å². The minimum Gasteiger partial charge on any atom is -0.359 e. The molecule has 0 bridgehead atoms. The first-order valence-electron chi connectivity index (χ1n) is 7.28. The zero-order valence-corrected chi connectivity index (χ0v) is 14.4. The Morgan fingerprint density at radius 3 is 2.43 bits per heavy atom. The summed E-state index contributed by atoms with van der Waals surface area (Å²) in [6, 6.07) is 1.38. The summed E-state index contributed by atoms with van der Waals surface area (Å²) >= 11 is 0. The highest BCUT2D eigenvalue weighted by molar-refractivity contribution is 5.85. The predicted octanol–water partition coefficient (Wildman–Crippen LogP) is 2.99. The molecule has 0 saturated carbocycles. The molecule has 0 fully saturated rings. The number of halogens is 1. The molecule has 5 nitrogen and oxygen atoms in total. The Kier molecular flexibility index (Phi) is 7.96. The van der Waals surface area contributed by atoms with Gasteiger partial charge in [0.25, 0.3) is 0 Å². The van der Waals surface area contributed by atoms with Gasteiger partial charge >= 0.3 is 0 Å². The Morgan fingerprint density at radius 1 is 1.38 bits per heavy atom. The van der Waals surface area contributed by atoms with E-state index in [0.29, 0.717) is 18.2 Å². The van der Waals surface area contributed by atoms with Crippen LogP contribution in [-0.2, 0) is 11.3 Å². The molecule has 0 unspecified atom stereocenters. The van der Waals surface area contributed by atoms with Crippen molar-refractivity contribution in [2.24, 2.45) is 11.1 Å². The quantitative estimate of drug-likeness (QED) is 0.845. The van der Waals surface area contributed by atoms with Crippen LogP contribution >= 0.6 is 12.4 Å². The zero-order valence-electron chi connectivity index (χ0n) is 13.6. The Labute approximate surface area is 133 Å². The summed E-state index contributed by atoms with van der Waals surface area (Å²) < 4.78 is 5.26. The Bertz CT molecular complexity index is 436. The third-order valence-electron chi connectivity index (χ3n) is 3.63. The van der Waals surface area contributed by atoms with Crippen LogP contribution in [0.4, 0.5) is 0 Å². The second kappa shape index (κ2) is 8.39. The van der Waals surface area contributed by atoms with Crippen molar-refractivity contribution >= 4 is 18.3 Å². The fraction of sp³-hybridized carbons (Fsp3) is 0.733. The number of nitrogens with zero attached hydrogens (tertiary/aromatic N) is 1. The van der Waals surface area contributed by atoms with Crippen molar-refractivity contribution in [2.45, 2.75) is 66.0 Å². The Hall–Kier alpha value is -1.07. The van der Waals surface area contributed by atoms with Gasteiger partial charge in [0, 0.05) is 12.0 Å². The number of hydrogen-bond donors (Lipinski definition) is 2. The van der Waals surface area contributed by atoms with E-state index in [1.54, 1.807) is 0 Å². The number of nitrogens with two attached hydrogens (primary N) is 1. The zero-order chi connectivity index (χ0) is 15.3. The number of nitrogens with one attached hydrogen (secondary N) is 1. The maximum absolute atomic E-state index is 11.9. The largest absolute Gasteiger partial charge is 0.359 e. The SMILES string of the molecule is CCC(CC)c1cc(CNC(=O)[C@@H](N)C(C)(C)C)on1.Cl. The van der Waals surface area contributed by atoms with Gasteiger partial charge in [0.15, 0.2) is 5.76 Å². The van der Waals surface area contributed by atoms with Gasteiger partial charge in [0.05, 0.1) is 18.3 Å². The van der Waals surface area contributed by atoms with Gasteiger partial charge in [-0.3, -0.25) is 4.79 Å². The number of aromatic nitrogens is 1. The van der Waals surface area contributed by atoms with Crippen molar-refractivity contribution in [1.29, 1.82) is 0 Å². The average molecular weight is 318 g/mol. The second-order valence-electron chi connectivity index (χ2n) is 6.29. The first-order chi connectivity index (χ1) is 9.29. The van der Waals surface area contributed by atoms with Crippen molar-refractivity contribution in [2.75, 3.05) is 0 Å². The van der Waals surface area contributed by atoms with Crippen molar-refractivity contribution in [1.82, 2.24) is 10.5 Å². The maximum atomic E-state index is 11.9. The van der Waals surface area contributed by atoms with E-state index < -0.39 is 6.04 Å². The lowest BCUT2D eigenvalue weighted by molar-refractivity contribution is -0.124. The lowest BCUT2D eigenvalue weighted by Gasteiger charge is -2.25. The van der Waals surface area contributed by atoms with Crippen molar-refractivity contribution in [3.8, 4) is 0 Å². The Morgan fingerprint density at radius 2 is 1.95 bits per heavy atom. The van der Waals surface area contributed by atoms with Crippen LogP contribution in [-0.4, -0.2) is 17.1 Å². The molecule has 0 aliphatic rings. The molecular weight excluding hydrogens is 290 g/mol. The summed E-state index contributed by atoms with van der Waals surface area (Å²) in [4.78, 5) is 11.9. The van der Waals surface area contributed by atoms with Gasteiger partial charge in [-0.2, -0.15) is 0 Å². The lowest BCUT2D eigenvalue weighted by Crippen LogP contribution is -2.48. The predicted molar refractivity (Wildman–Crippen MR) is 86.4 cm³/mol. The molecular formula is C15H28ClN3O2. The first kappa shape index (κ1) is 19.9. The van der Waals surface area contributed by atoms with Gasteiger partial charge in [-0.25, -0.2) is 0 Å². The molecule has 1 rings (SSSR count). The van der Waals surface area contributed by atoms with Crippen LogP contribution in [0.25, 0.3) is 0 Å². The van der Waals surface area contributed by atoms with E-state index in [1.165, 1.54) is 0 Å². The topological polar surface area (TPSA) is 81.2 Å². The van der Waals surface area contributed by atoms with Crippen LogP contribution in [0.1, 0.15) is 64.8 Å². The monoisotopic (exact) mass is 317 g/mol. The minimum atomic E-state index is -0.538. The number of amides is 1. The van der Waals surface area contributed by atoms with Crippen molar-refractivity contribution in [3.05, 3.63) is 17.5 Å². The minimum absolute atomic E-state index is 0. The van der Waals surface area contributed by atoms with Crippen molar-refractivity contribution in [3.63, 3.8) is 0 Å². The van der Waals surface area contributed by atoms with Crippen LogP contribution in [0.15, 0.2) is 10.6 Å². The van der Waals surface area contributed by atoms with E-state index in [4.69, 9.17) is 10.3 Å². The number of carbonyl (C=O) groups is 1. The molecule has 1 aromatic rings. The van der Waals surface area contributed by atoms with Gasteiger partial charge < -0.3 is 15.6 Å². The standard InChI is InChI=1S/C15H27N3O2.ClH/c1-6-10(7-2)12-8-11(20-18-12)9-17-14(19)13(16)15(3,4)5;/h8,10,13H,6-7,9,16H2,1-5H3,(H,17,19);1H/t13-;/m1./s1. The molecule has 0 radical (unpaired) electrons. The van der Waals surface area contributed by atoms with Crippen molar-refractivity contribution < 1.29 is 9.32 Å². The summed E-state index contributed by atoms with van der Waals surface area (Å²) in [5.74, 6) is 0.916. The highest BCUT2D eigenvalue weighted by atomic mass is 35.5. The fourth-order valence-corrected chi connectivity index (χ4v) is 1.99. The van der Waals surface area contributed by atoms with Gasteiger partial charge in [0.1, 0.15) is 0 Å². The van der Waals surface area contributed by atoms with Crippen LogP contribution in [0.2, 0.25) is 0 Å². The molecule has 1 atom stereocenters. The molecule has 0 aliphatic carbocycles. The van der Waals surface area contributed by atoms with Crippen LogP contribution in [0.5, 0.6) is 0 Å². The molecule has 0 aromatic carbocycles. The molecule has 3 N–H and O–H groups in total. The highest BCUT2D eigenvalue weighted by Crippen LogP contribution is 2.22. The van der Waals surface area contributed by atoms with Crippen LogP contribution in [0, 0.1) is 5.41 Å². The molecule has 6 heteroatoms. The second-order valence-corrected chi connectivity index (χ2v) is 6.29. The van der Waals surface area contributed by atoms with E-state index >= 15 is 0 Å². The Balaban J connectivity index is 0.00000400. The fourth-order valence-electron chi connectivity index (χ4n) is 1.99. The molecule has 0 saturated heterocycles. The lowest BCUT2D eigenvalue weighted by atomic mass is 9.87. The van der Waals surface area contributed by atoms with E-state index in [9.17, 15) is 4.79 Å². The van der Waals surface area contributed by atoms with E-state index in [-0.39, 0.29) is 23.7 Å².